The zero-order valence-electron chi connectivity index (χ0n) is 16.1. The third-order valence-electron chi connectivity index (χ3n) is 6.19. The molecule has 5 rings (SSSR count). The van der Waals surface area contributed by atoms with Crippen molar-refractivity contribution in [1.29, 1.82) is 0 Å². The van der Waals surface area contributed by atoms with Crippen molar-refractivity contribution in [3.63, 3.8) is 0 Å². The molecule has 1 aromatic heterocycles. The predicted octanol–water partition coefficient (Wildman–Crippen LogP) is 0.300. The minimum absolute atomic E-state index is 0.0492. The number of hydrogen-bond donors (Lipinski definition) is 2. The topological polar surface area (TPSA) is 82.5 Å². The van der Waals surface area contributed by atoms with E-state index in [9.17, 15) is 14.0 Å². The molecule has 2 amide bonds. The van der Waals surface area contributed by atoms with Crippen molar-refractivity contribution in [2.24, 2.45) is 5.92 Å². The van der Waals surface area contributed by atoms with Gasteiger partial charge in [-0.2, -0.15) is 0 Å². The zero-order chi connectivity index (χ0) is 20.0. The lowest BCUT2D eigenvalue weighted by molar-refractivity contribution is -0.138. The van der Waals surface area contributed by atoms with Gasteiger partial charge in [0.25, 0.3) is 5.91 Å². The van der Waals surface area contributed by atoms with E-state index in [0.717, 1.165) is 23.9 Å². The fourth-order valence-electron chi connectivity index (χ4n) is 4.32. The molecular weight excluding hydrogens is 375 g/mol. The van der Waals surface area contributed by atoms with Crippen LogP contribution in [0.4, 0.5) is 4.39 Å². The minimum atomic E-state index is -1.48. The second-order valence-corrected chi connectivity index (χ2v) is 8.12. The first-order valence-electron chi connectivity index (χ1n) is 10.2. The molecule has 2 saturated heterocycles. The maximum atomic E-state index is 14.2. The molecule has 0 bridgehead atoms. The van der Waals surface area contributed by atoms with E-state index in [1.807, 2.05) is 33.7 Å². The normalized spacial score (nSPS) is 28.5. The number of nitrogens with one attached hydrogen (secondary N) is 2. The highest BCUT2D eigenvalue weighted by Gasteiger charge is 2.46. The van der Waals surface area contributed by atoms with Crippen LogP contribution in [-0.2, 0) is 16.1 Å². The number of carbonyl (C=O) groups excluding carboxylic acids is 2. The Balaban J connectivity index is 1.18. The Hall–Kier alpha value is -2.52. The molecule has 29 heavy (non-hydrogen) atoms. The molecule has 2 N–H and O–H groups in total. The first kappa shape index (κ1) is 18.5. The molecule has 3 atom stereocenters. The van der Waals surface area contributed by atoms with E-state index in [4.69, 9.17) is 0 Å². The molecule has 3 unspecified atom stereocenters. The maximum absolute atomic E-state index is 14.2. The van der Waals surface area contributed by atoms with Gasteiger partial charge in [-0.25, -0.2) is 9.37 Å². The average molecular weight is 400 g/mol. The molecule has 3 fully saturated rings. The fraction of sp³-hybridized carbons (Fsp3) is 0.550. The van der Waals surface area contributed by atoms with Crippen molar-refractivity contribution in [3.05, 3.63) is 30.6 Å². The molecule has 0 spiro atoms. The summed E-state index contributed by atoms with van der Waals surface area (Å²) in [6, 6.07) is 7.35. The third kappa shape index (κ3) is 3.60. The van der Waals surface area contributed by atoms with Gasteiger partial charge in [-0.15, -0.1) is 0 Å². The smallest absolute Gasteiger partial charge is 0.258 e. The van der Waals surface area contributed by atoms with Gasteiger partial charge in [0.05, 0.1) is 23.4 Å². The van der Waals surface area contributed by atoms with Gasteiger partial charge in [-0.05, 0) is 30.9 Å². The summed E-state index contributed by atoms with van der Waals surface area (Å²) in [6.07, 6.45) is 1.81. The number of aromatic nitrogens is 2. The van der Waals surface area contributed by atoms with E-state index < -0.39 is 18.1 Å². The van der Waals surface area contributed by atoms with Crippen molar-refractivity contribution in [3.8, 4) is 0 Å². The summed E-state index contributed by atoms with van der Waals surface area (Å²) in [4.78, 5) is 33.0. The van der Waals surface area contributed by atoms with E-state index in [1.54, 1.807) is 6.33 Å². The van der Waals surface area contributed by atoms with Crippen LogP contribution in [0.15, 0.2) is 30.6 Å². The lowest BCUT2D eigenvalue weighted by Gasteiger charge is -2.43. The summed E-state index contributed by atoms with van der Waals surface area (Å²) in [5.41, 5.74) is 1.82. The summed E-state index contributed by atoms with van der Waals surface area (Å²) in [5, 5.41) is 6.00. The van der Waals surface area contributed by atoms with Crippen molar-refractivity contribution in [2.45, 2.75) is 37.9 Å². The van der Waals surface area contributed by atoms with Crippen molar-refractivity contribution < 1.29 is 14.0 Å². The Labute approximate surface area is 168 Å². The van der Waals surface area contributed by atoms with E-state index in [1.165, 1.54) is 0 Å². The van der Waals surface area contributed by atoms with Crippen LogP contribution in [0.25, 0.3) is 11.0 Å². The number of fused-ring (bicyclic) bond motifs is 1. The van der Waals surface area contributed by atoms with E-state index in [0.29, 0.717) is 26.2 Å². The second-order valence-electron chi connectivity index (χ2n) is 8.12. The maximum Gasteiger partial charge on any atom is 0.258 e. The van der Waals surface area contributed by atoms with Gasteiger partial charge in [0.2, 0.25) is 5.91 Å². The monoisotopic (exact) mass is 400 g/mol. The van der Waals surface area contributed by atoms with Crippen LogP contribution in [0.1, 0.15) is 12.8 Å². The van der Waals surface area contributed by atoms with Crippen LogP contribution in [0.2, 0.25) is 0 Å². The van der Waals surface area contributed by atoms with Crippen molar-refractivity contribution in [1.82, 2.24) is 30.0 Å². The zero-order valence-corrected chi connectivity index (χ0v) is 16.1. The van der Waals surface area contributed by atoms with Crippen LogP contribution in [-0.4, -0.2) is 75.8 Å². The molecule has 2 aliphatic heterocycles. The SMILES string of the molecule is O=C1NC(N2CCN(C(=O)Cn3cnc4ccccc43)CC2)NC(C2CC2)C1F. The van der Waals surface area contributed by atoms with Gasteiger partial charge in [0.1, 0.15) is 12.8 Å². The summed E-state index contributed by atoms with van der Waals surface area (Å²) in [6.45, 7) is 2.66. The summed E-state index contributed by atoms with van der Waals surface area (Å²) in [5.74, 6) is -0.226. The number of nitrogens with zero attached hydrogens (tertiary/aromatic N) is 4. The van der Waals surface area contributed by atoms with Gasteiger partial charge in [-0.3, -0.25) is 19.8 Å². The largest absolute Gasteiger partial charge is 0.339 e. The molecule has 154 valence electrons. The van der Waals surface area contributed by atoms with Crippen molar-refractivity contribution >= 4 is 22.8 Å². The number of alkyl halides is 1. The number of para-hydroxylation sites is 2. The standard InChI is InChI=1S/C20H25FN6O2/c21-17-18(13-5-6-13)23-20(24-19(17)29)26-9-7-25(8-10-26)16(28)11-27-12-22-14-3-1-2-4-15(14)27/h1-4,12-13,17-18,20,23H,5-11H2,(H,24,29). The molecule has 1 saturated carbocycles. The summed E-state index contributed by atoms with van der Waals surface area (Å²) in [7, 11) is 0. The van der Waals surface area contributed by atoms with Crippen LogP contribution < -0.4 is 10.6 Å². The number of hydrogen-bond acceptors (Lipinski definition) is 5. The highest BCUT2D eigenvalue weighted by molar-refractivity contribution is 5.83. The first-order valence-corrected chi connectivity index (χ1v) is 10.2. The van der Waals surface area contributed by atoms with Crippen LogP contribution >= 0.6 is 0 Å². The predicted molar refractivity (Wildman–Crippen MR) is 104 cm³/mol. The molecule has 9 heteroatoms. The van der Waals surface area contributed by atoms with E-state index in [-0.39, 0.29) is 24.7 Å². The number of piperazine rings is 1. The Morgan fingerprint density at radius 3 is 2.69 bits per heavy atom. The van der Waals surface area contributed by atoms with Crippen LogP contribution in [0.5, 0.6) is 0 Å². The summed E-state index contributed by atoms with van der Waals surface area (Å²) >= 11 is 0. The molecule has 1 aliphatic carbocycles. The number of benzene rings is 1. The average Bonchev–Trinajstić information content (AvgIpc) is 3.51. The number of carbonyl (C=O) groups is 2. The quantitative estimate of drug-likeness (QED) is 0.772. The number of halogens is 1. The lowest BCUT2D eigenvalue weighted by Crippen LogP contribution is -2.70. The van der Waals surface area contributed by atoms with E-state index in [2.05, 4.69) is 20.5 Å². The molecule has 2 aromatic rings. The molecule has 3 aliphatic rings. The van der Waals surface area contributed by atoms with Gasteiger partial charge >= 0.3 is 0 Å². The highest BCUT2D eigenvalue weighted by atomic mass is 19.1. The van der Waals surface area contributed by atoms with Gasteiger partial charge < -0.3 is 14.8 Å². The number of amides is 2. The third-order valence-corrected chi connectivity index (χ3v) is 6.19. The Kier molecular flexibility index (Phi) is 4.71. The lowest BCUT2D eigenvalue weighted by atomic mass is 10.0. The molecule has 8 nitrogen and oxygen atoms in total. The first-order chi connectivity index (χ1) is 14.1. The molecule has 3 heterocycles. The molecule has 0 radical (unpaired) electrons. The fourth-order valence-corrected chi connectivity index (χ4v) is 4.32. The Morgan fingerprint density at radius 2 is 1.93 bits per heavy atom. The molecular formula is C20H25FN6O2. The van der Waals surface area contributed by atoms with Gasteiger partial charge in [-0.1, -0.05) is 12.1 Å². The van der Waals surface area contributed by atoms with Crippen molar-refractivity contribution in [2.75, 3.05) is 26.2 Å². The molecule has 1 aromatic carbocycles. The number of imidazole rings is 1. The Bertz CT molecular complexity index is 921. The highest BCUT2D eigenvalue weighted by Crippen LogP contribution is 2.36. The number of rotatable bonds is 4. The second kappa shape index (κ2) is 7.38. The van der Waals surface area contributed by atoms with Crippen LogP contribution in [0.3, 0.4) is 0 Å². The minimum Gasteiger partial charge on any atom is -0.339 e. The van der Waals surface area contributed by atoms with Gasteiger partial charge in [0, 0.05) is 26.2 Å². The Morgan fingerprint density at radius 1 is 1.17 bits per heavy atom. The van der Waals surface area contributed by atoms with Crippen LogP contribution in [0, 0.1) is 5.92 Å². The van der Waals surface area contributed by atoms with E-state index >= 15 is 0 Å². The van der Waals surface area contributed by atoms with Gasteiger partial charge in [0.15, 0.2) is 6.17 Å². The summed E-state index contributed by atoms with van der Waals surface area (Å²) < 4.78 is 16.0.